The smallest absolute Gasteiger partial charge is 0.295 e. The third-order valence-corrected chi connectivity index (χ3v) is 6.41. The molecule has 1 saturated heterocycles. The molecule has 0 aromatic heterocycles. The molecule has 1 N–H and O–H groups in total. The molecule has 4 rings (SSSR count). The van der Waals surface area contributed by atoms with Crippen LogP contribution in [0.25, 0.3) is 5.76 Å². The van der Waals surface area contributed by atoms with Gasteiger partial charge in [0.1, 0.15) is 18.1 Å². The van der Waals surface area contributed by atoms with Gasteiger partial charge in [-0.2, -0.15) is 0 Å². The number of likely N-dealkylation sites (N-methyl/N-ethyl adjacent to an activating group) is 1. The molecule has 3 aromatic rings. The molecule has 0 spiro atoms. The predicted octanol–water partition coefficient (Wildman–Crippen LogP) is 4.47. The Kier molecular flexibility index (Phi) is 7.87. The molecular formula is C29H29N3O6. The van der Waals surface area contributed by atoms with Gasteiger partial charge in [-0.3, -0.25) is 19.7 Å². The molecular weight excluding hydrogens is 486 g/mol. The Hall–Kier alpha value is -4.50. The van der Waals surface area contributed by atoms with Crippen molar-refractivity contribution < 1.29 is 24.4 Å². The largest absolute Gasteiger partial charge is 0.507 e. The fraction of sp³-hybridized carbons (Fsp3) is 0.241. The SMILES string of the molecule is Cc1cc(C(O)=C2C(=O)C(=O)N(CCN(C)C)[C@@H]2c2cccc([N+](=O)[O-])c2)ccc1OCc1ccccc1. The van der Waals surface area contributed by atoms with E-state index in [-0.39, 0.29) is 23.6 Å². The van der Waals surface area contributed by atoms with Crippen molar-refractivity contribution in [3.63, 3.8) is 0 Å². The van der Waals surface area contributed by atoms with Gasteiger partial charge in [-0.15, -0.1) is 0 Å². The van der Waals surface area contributed by atoms with Gasteiger partial charge >= 0.3 is 0 Å². The number of rotatable bonds is 9. The number of amides is 1. The number of ether oxygens (including phenoxy) is 1. The average Bonchev–Trinajstić information content (AvgIpc) is 3.16. The minimum absolute atomic E-state index is 0.105. The number of nitro groups is 1. The van der Waals surface area contributed by atoms with Gasteiger partial charge in [0, 0.05) is 30.8 Å². The number of ketones is 1. The molecule has 0 aliphatic carbocycles. The topological polar surface area (TPSA) is 113 Å². The van der Waals surface area contributed by atoms with Crippen LogP contribution in [0.1, 0.15) is 28.3 Å². The third-order valence-electron chi connectivity index (χ3n) is 6.41. The molecule has 3 aromatic carbocycles. The minimum Gasteiger partial charge on any atom is -0.507 e. The Labute approximate surface area is 220 Å². The number of aryl methyl sites for hydroxylation is 1. The second-order valence-corrected chi connectivity index (χ2v) is 9.40. The Morgan fingerprint density at radius 2 is 1.79 bits per heavy atom. The summed E-state index contributed by atoms with van der Waals surface area (Å²) in [6.07, 6.45) is 0. The van der Waals surface area contributed by atoms with E-state index >= 15 is 0 Å². The number of aliphatic hydroxyl groups excluding tert-OH is 1. The number of non-ortho nitro benzene ring substituents is 1. The fourth-order valence-electron chi connectivity index (χ4n) is 4.42. The number of carbonyl (C=O) groups is 2. The maximum Gasteiger partial charge on any atom is 0.295 e. The van der Waals surface area contributed by atoms with Crippen molar-refractivity contribution in [2.45, 2.75) is 19.6 Å². The van der Waals surface area contributed by atoms with Gasteiger partial charge in [0.25, 0.3) is 17.4 Å². The van der Waals surface area contributed by atoms with Crippen molar-refractivity contribution in [1.82, 2.24) is 9.80 Å². The van der Waals surface area contributed by atoms with Gasteiger partial charge in [0.2, 0.25) is 0 Å². The number of aliphatic hydroxyl groups is 1. The molecule has 196 valence electrons. The number of hydrogen-bond acceptors (Lipinski definition) is 7. The number of carbonyl (C=O) groups excluding carboxylic acids is 2. The van der Waals surface area contributed by atoms with Crippen LogP contribution in [-0.2, 0) is 16.2 Å². The van der Waals surface area contributed by atoms with Crippen molar-refractivity contribution in [1.29, 1.82) is 0 Å². The molecule has 0 unspecified atom stereocenters. The molecule has 1 heterocycles. The standard InChI is InChI=1S/C29H29N3O6/c1-19-16-22(12-13-24(19)38-18-20-8-5-4-6-9-20)27(33)25-26(21-10-7-11-23(17-21)32(36)37)31(15-14-30(2)3)29(35)28(25)34/h4-13,16-17,26,33H,14-15,18H2,1-3H3/t26-/m1/s1. The number of benzene rings is 3. The summed E-state index contributed by atoms with van der Waals surface area (Å²) in [5, 5.41) is 22.8. The normalized spacial score (nSPS) is 16.7. The number of likely N-dealkylation sites (tertiary alicyclic amines) is 1. The van der Waals surface area contributed by atoms with Crippen molar-refractivity contribution in [3.8, 4) is 5.75 Å². The maximum atomic E-state index is 13.2. The average molecular weight is 516 g/mol. The summed E-state index contributed by atoms with van der Waals surface area (Å²) in [5.41, 5.74) is 2.18. The Morgan fingerprint density at radius 1 is 1.05 bits per heavy atom. The van der Waals surface area contributed by atoms with Crippen molar-refractivity contribution >= 4 is 23.1 Å². The zero-order valence-corrected chi connectivity index (χ0v) is 21.5. The van der Waals surface area contributed by atoms with Gasteiger partial charge < -0.3 is 19.6 Å². The molecule has 0 saturated carbocycles. The first kappa shape index (κ1) is 26.6. The monoisotopic (exact) mass is 515 g/mol. The molecule has 9 heteroatoms. The second kappa shape index (κ2) is 11.3. The quantitative estimate of drug-likeness (QED) is 0.147. The maximum absolute atomic E-state index is 13.2. The molecule has 1 fully saturated rings. The lowest BCUT2D eigenvalue weighted by molar-refractivity contribution is -0.384. The zero-order chi connectivity index (χ0) is 27.4. The van der Waals surface area contributed by atoms with Crippen LogP contribution in [0.4, 0.5) is 5.69 Å². The first-order chi connectivity index (χ1) is 18.2. The van der Waals surface area contributed by atoms with E-state index in [1.807, 2.05) is 56.3 Å². The van der Waals surface area contributed by atoms with Crippen LogP contribution < -0.4 is 4.74 Å². The zero-order valence-electron chi connectivity index (χ0n) is 21.5. The van der Waals surface area contributed by atoms with Crippen LogP contribution >= 0.6 is 0 Å². The van der Waals surface area contributed by atoms with Gasteiger partial charge in [-0.05, 0) is 55.9 Å². The Balaban J connectivity index is 1.73. The van der Waals surface area contributed by atoms with Crippen LogP contribution in [-0.4, -0.2) is 58.7 Å². The van der Waals surface area contributed by atoms with Gasteiger partial charge in [0.05, 0.1) is 16.5 Å². The lowest BCUT2D eigenvalue weighted by Gasteiger charge is -2.26. The van der Waals surface area contributed by atoms with Crippen molar-refractivity contribution in [2.75, 3.05) is 27.2 Å². The van der Waals surface area contributed by atoms with E-state index in [4.69, 9.17) is 4.74 Å². The highest BCUT2D eigenvalue weighted by atomic mass is 16.6. The van der Waals surface area contributed by atoms with E-state index < -0.39 is 22.7 Å². The molecule has 0 radical (unpaired) electrons. The molecule has 0 bridgehead atoms. The minimum atomic E-state index is -0.968. The van der Waals surface area contributed by atoms with Crippen LogP contribution in [0.15, 0.2) is 78.4 Å². The highest BCUT2D eigenvalue weighted by Gasteiger charge is 2.46. The van der Waals surface area contributed by atoms with E-state index in [2.05, 4.69) is 0 Å². The van der Waals surface area contributed by atoms with E-state index in [1.165, 1.54) is 23.1 Å². The number of nitrogens with zero attached hydrogens (tertiary/aromatic N) is 3. The van der Waals surface area contributed by atoms with Gasteiger partial charge in [0.15, 0.2) is 0 Å². The van der Waals surface area contributed by atoms with Gasteiger partial charge in [-0.25, -0.2) is 0 Å². The van der Waals surface area contributed by atoms with Crippen LogP contribution in [0.3, 0.4) is 0 Å². The lowest BCUT2D eigenvalue weighted by Crippen LogP contribution is -2.35. The molecule has 38 heavy (non-hydrogen) atoms. The van der Waals surface area contributed by atoms with Crippen molar-refractivity contribution in [2.24, 2.45) is 0 Å². The van der Waals surface area contributed by atoms with E-state index in [0.717, 1.165) is 11.1 Å². The van der Waals surface area contributed by atoms with Crippen LogP contribution in [0.5, 0.6) is 5.75 Å². The Bertz CT molecular complexity index is 1400. The summed E-state index contributed by atoms with van der Waals surface area (Å²) in [6.45, 7) is 2.86. The molecule has 1 amide bonds. The molecule has 1 aliphatic rings. The molecule has 1 aliphatic heterocycles. The summed E-state index contributed by atoms with van der Waals surface area (Å²) in [4.78, 5) is 40.4. The number of nitro benzene ring substituents is 1. The van der Waals surface area contributed by atoms with Crippen molar-refractivity contribution in [3.05, 3.63) is 111 Å². The predicted molar refractivity (Wildman–Crippen MR) is 143 cm³/mol. The number of hydrogen-bond donors (Lipinski definition) is 1. The van der Waals surface area contributed by atoms with Crippen LogP contribution in [0, 0.1) is 17.0 Å². The lowest BCUT2D eigenvalue weighted by atomic mass is 9.94. The Morgan fingerprint density at radius 3 is 2.45 bits per heavy atom. The van der Waals surface area contributed by atoms with E-state index in [0.29, 0.717) is 30.0 Å². The summed E-state index contributed by atoms with van der Waals surface area (Å²) >= 11 is 0. The highest BCUT2D eigenvalue weighted by Crippen LogP contribution is 2.40. The summed E-state index contributed by atoms with van der Waals surface area (Å²) in [7, 11) is 3.67. The third kappa shape index (κ3) is 5.57. The fourth-order valence-corrected chi connectivity index (χ4v) is 4.42. The summed E-state index contributed by atoms with van der Waals surface area (Å²) in [5.74, 6) is -1.32. The van der Waals surface area contributed by atoms with Crippen LogP contribution in [0.2, 0.25) is 0 Å². The summed E-state index contributed by atoms with van der Waals surface area (Å²) in [6, 6.07) is 19.5. The molecule has 9 nitrogen and oxygen atoms in total. The molecule has 1 atom stereocenters. The van der Waals surface area contributed by atoms with E-state index in [9.17, 15) is 24.8 Å². The first-order valence-electron chi connectivity index (χ1n) is 12.1. The first-order valence-corrected chi connectivity index (χ1v) is 12.1. The second-order valence-electron chi connectivity index (χ2n) is 9.40. The van der Waals surface area contributed by atoms with Gasteiger partial charge in [-0.1, -0.05) is 42.5 Å². The summed E-state index contributed by atoms with van der Waals surface area (Å²) < 4.78 is 5.92. The number of Topliss-reactive ketones (excluding diaryl/α,β-unsaturated/α-hetero) is 1. The highest BCUT2D eigenvalue weighted by molar-refractivity contribution is 6.46. The van der Waals surface area contributed by atoms with E-state index in [1.54, 1.807) is 24.3 Å².